The first kappa shape index (κ1) is 17.1. The van der Waals surface area contributed by atoms with E-state index in [0.717, 1.165) is 17.9 Å². The fourth-order valence-electron chi connectivity index (χ4n) is 4.16. The van der Waals surface area contributed by atoms with Gasteiger partial charge < -0.3 is 4.74 Å². The van der Waals surface area contributed by atoms with Crippen molar-refractivity contribution >= 4 is 5.71 Å². The Labute approximate surface area is 166 Å². The Kier molecular flexibility index (Phi) is 4.16. The summed E-state index contributed by atoms with van der Waals surface area (Å²) in [4.78, 5) is 0. The van der Waals surface area contributed by atoms with E-state index in [2.05, 4.69) is 85.6 Å². The number of fused-ring (bicyclic) bond motifs is 3. The summed E-state index contributed by atoms with van der Waals surface area (Å²) in [5.41, 5.74) is 6.03. The Bertz CT molecular complexity index is 1010. The quantitative estimate of drug-likeness (QED) is 0.577. The third-order valence-electron chi connectivity index (χ3n) is 5.62. The van der Waals surface area contributed by atoms with Crippen molar-refractivity contribution in [3.05, 3.63) is 90.0 Å². The number of hydrogen-bond donors (Lipinski definition) is 0. The number of benzene rings is 3. The number of para-hydroxylation sites is 1. The van der Waals surface area contributed by atoms with Gasteiger partial charge in [0.2, 0.25) is 0 Å². The number of ether oxygens (including phenoxy) is 1. The molecule has 0 bridgehead atoms. The Balaban J connectivity index is 1.47. The van der Waals surface area contributed by atoms with E-state index in [0.29, 0.717) is 5.92 Å². The van der Waals surface area contributed by atoms with Crippen molar-refractivity contribution in [3.63, 3.8) is 0 Å². The fourth-order valence-corrected chi connectivity index (χ4v) is 4.16. The summed E-state index contributed by atoms with van der Waals surface area (Å²) in [6.07, 6.45) is 0.884. The molecule has 0 saturated carbocycles. The van der Waals surface area contributed by atoms with Crippen molar-refractivity contribution in [2.24, 2.45) is 11.0 Å². The molecule has 3 heteroatoms. The van der Waals surface area contributed by atoms with Crippen LogP contribution in [0.5, 0.6) is 5.75 Å². The first-order valence-corrected chi connectivity index (χ1v) is 9.98. The summed E-state index contributed by atoms with van der Waals surface area (Å²) in [6, 6.07) is 27.9. The molecule has 0 N–H and O–H groups in total. The maximum Gasteiger partial charge on any atom is 0.190 e. The summed E-state index contributed by atoms with van der Waals surface area (Å²) in [5, 5.41) is 7.18. The zero-order chi connectivity index (χ0) is 19.1. The Morgan fingerprint density at radius 1 is 0.821 bits per heavy atom. The molecule has 28 heavy (non-hydrogen) atoms. The van der Waals surface area contributed by atoms with Gasteiger partial charge in [0, 0.05) is 17.9 Å². The third-order valence-corrected chi connectivity index (χ3v) is 5.62. The van der Waals surface area contributed by atoms with Gasteiger partial charge in [-0.15, -0.1) is 0 Å². The highest BCUT2D eigenvalue weighted by Gasteiger charge is 2.41. The van der Waals surface area contributed by atoms with Gasteiger partial charge in [-0.25, -0.2) is 5.01 Å². The maximum atomic E-state index is 6.29. The first-order chi connectivity index (χ1) is 13.7. The Morgan fingerprint density at radius 2 is 1.46 bits per heavy atom. The monoisotopic (exact) mass is 368 g/mol. The second kappa shape index (κ2) is 6.83. The summed E-state index contributed by atoms with van der Waals surface area (Å²) < 4.78 is 6.29. The van der Waals surface area contributed by atoms with Crippen LogP contribution in [-0.4, -0.2) is 16.9 Å². The normalized spacial score (nSPS) is 20.4. The van der Waals surface area contributed by atoms with E-state index < -0.39 is 0 Å². The van der Waals surface area contributed by atoms with E-state index in [4.69, 9.17) is 9.84 Å². The van der Waals surface area contributed by atoms with Crippen LogP contribution in [0, 0.1) is 5.92 Å². The predicted molar refractivity (Wildman–Crippen MR) is 113 cm³/mol. The van der Waals surface area contributed by atoms with E-state index in [1.54, 1.807) is 0 Å². The van der Waals surface area contributed by atoms with Crippen LogP contribution >= 0.6 is 0 Å². The summed E-state index contributed by atoms with van der Waals surface area (Å²) in [7, 11) is 0. The van der Waals surface area contributed by atoms with Gasteiger partial charge in [-0.05, 0) is 22.8 Å². The third kappa shape index (κ3) is 2.88. The first-order valence-electron chi connectivity index (χ1n) is 9.98. The molecule has 0 unspecified atom stereocenters. The molecule has 5 rings (SSSR count). The minimum absolute atomic E-state index is 0.0269. The molecule has 2 aliphatic heterocycles. The van der Waals surface area contributed by atoms with Crippen molar-refractivity contribution in [3.8, 4) is 16.9 Å². The molecule has 3 nitrogen and oxygen atoms in total. The molecule has 0 aromatic heterocycles. The van der Waals surface area contributed by atoms with Gasteiger partial charge in [0.05, 0.1) is 11.8 Å². The zero-order valence-electron chi connectivity index (χ0n) is 16.2. The molecule has 2 heterocycles. The van der Waals surface area contributed by atoms with E-state index in [9.17, 15) is 0 Å². The lowest BCUT2D eigenvalue weighted by Crippen LogP contribution is -2.43. The molecule has 140 valence electrons. The topological polar surface area (TPSA) is 24.8 Å². The smallest absolute Gasteiger partial charge is 0.190 e. The number of hydrogen-bond acceptors (Lipinski definition) is 3. The molecule has 0 saturated heterocycles. The molecular formula is C25H24N2O. The van der Waals surface area contributed by atoms with Crippen molar-refractivity contribution in [2.75, 3.05) is 0 Å². The van der Waals surface area contributed by atoms with E-state index >= 15 is 0 Å². The highest BCUT2D eigenvalue weighted by Crippen LogP contribution is 2.44. The van der Waals surface area contributed by atoms with E-state index in [1.165, 1.54) is 22.3 Å². The van der Waals surface area contributed by atoms with Gasteiger partial charge in [-0.1, -0.05) is 86.6 Å². The van der Waals surface area contributed by atoms with Crippen LogP contribution in [0.4, 0.5) is 0 Å². The average Bonchev–Trinajstić information content (AvgIpc) is 3.19. The number of hydrazone groups is 1. The van der Waals surface area contributed by atoms with Crippen LogP contribution in [-0.2, 0) is 0 Å². The molecule has 0 fully saturated rings. The van der Waals surface area contributed by atoms with Crippen molar-refractivity contribution < 1.29 is 4.74 Å². The molecule has 0 aliphatic carbocycles. The van der Waals surface area contributed by atoms with Crippen molar-refractivity contribution in [1.82, 2.24) is 5.01 Å². The molecule has 0 radical (unpaired) electrons. The lowest BCUT2D eigenvalue weighted by atomic mass is 9.95. The molecule has 3 aromatic rings. The molecule has 2 aliphatic rings. The Morgan fingerprint density at radius 3 is 2.21 bits per heavy atom. The number of rotatable bonds is 3. The average molecular weight is 368 g/mol. The summed E-state index contributed by atoms with van der Waals surface area (Å²) >= 11 is 0. The SMILES string of the molecule is CC(C)[C@@H]1Oc2ccccc2[C@H]2CC(c3ccc(-c4ccccc4)cc3)=NN21. The second-order valence-corrected chi connectivity index (χ2v) is 7.88. The van der Waals surface area contributed by atoms with Crippen molar-refractivity contribution in [1.29, 1.82) is 0 Å². The highest BCUT2D eigenvalue weighted by molar-refractivity contribution is 6.02. The van der Waals surface area contributed by atoms with Crippen LogP contribution in [0.3, 0.4) is 0 Å². The van der Waals surface area contributed by atoms with Crippen molar-refractivity contribution in [2.45, 2.75) is 32.5 Å². The lowest BCUT2D eigenvalue weighted by Gasteiger charge is -2.39. The lowest BCUT2D eigenvalue weighted by molar-refractivity contribution is -0.0461. The fraction of sp³-hybridized carbons (Fsp3) is 0.240. The van der Waals surface area contributed by atoms with Crippen LogP contribution in [0.1, 0.15) is 37.4 Å². The summed E-state index contributed by atoms with van der Waals surface area (Å²) in [6.45, 7) is 4.38. The minimum atomic E-state index is -0.0269. The van der Waals surface area contributed by atoms with Gasteiger partial charge in [-0.2, -0.15) is 5.10 Å². The molecule has 0 amide bonds. The van der Waals surface area contributed by atoms with Gasteiger partial charge in [0.25, 0.3) is 0 Å². The predicted octanol–water partition coefficient (Wildman–Crippen LogP) is 5.88. The van der Waals surface area contributed by atoms with Crippen LogP contribution in [0.25, 0.3) is 11.1 Å². The van der Waals surface area contributed by atoms with E-state index in [-0.39, 0.29) is 12.3 Å². The van der Waals surface area contributed by atoms with Gasteiger partial charge >= 0.3 is 0 Å². The number of nitrogens with zero attached hydrogens (tertiary/aromatic N) is 2. The largest absolute Gasteiger partial charge is 0.468 e. The van der Waals surface area contributed by atoms with Gasteiger partial charge in [0.15, 0.2) is 6.23 Å². The molecule has 0 spiro atoms. The minimum Gasteiger partial charge on any atom is -0.468 e. The Hall–Kier alpha value is -3.07. The van der Waals surface area contributed by atoms with Crippen LogP contribution in [0.2, 0.25) is 0 Å². The van der Waals surface area contributed by atoms with Crippen LogP contribution < -0.4 is 4.74 Å². The van der Waals surface area contributed by atoms with E-state index in [1.807, 2.05) is 12.1 Å². The molecule has 2 atom stereocenters. The van der Waals surface area contributed by atoms with Gasteiger partial charge in [0.1, 0.15) is 5.75 Å². The second-order valence-electron chi connectivity index (χ2n) is 7.88. The highest BCUT2D eigenvalue weighted by atomic mass is 16.5. The standard InChI is InChI=1S/C25H24N2O/c1-17(2)25-27-23(21-10-6-7-11-24(21)28-25)16-22(26-27)20-14-12-19(13-15-20)18-8-4-3-5-9-18/h3-15,17,23,25H,16H2,1-2H3/t23-,25+/m1/s1. The maximum absolute atomic E-state index is 6.29. The molecule has 3 aromatic carbocycles. The molecular weight excluding hydrogens is 344 g/mol. The zero-order valence-corrected chi connectivity index (χ0v) is 16.2. The summed E-state index contributed by atoms with van der Waals surface area (Å²) in [5.74, 6) is 1.36. The van der Waals surface area contributed by atoms with Crippen LogP contribution in [0.15, 0.2) is 84.0 Å². The van der Waals surface area contributed by atoms with Gasteiger partial charge in [-0.3, -0.25) is 0 Å².